The van der Waals surface area contributed by atoms with Crippen LogP contribution in [0.5, 0.6) is 0 Å². The van der Waals surface area contributed by atoms with Crippen molar-refractivity contribution in [2.24, 2.45) is 5.92 Å². The monoisotopic (exact) mass is 249 g/mol. The van der Waals surface area contributed by atoms with Crippen LogP contribution in [0.3, 0.4) is 0 Å². The Morgan fingerprint density at radius 3 is 2.61 bits per heavy atom. The molecule has 0 unspecified atom stereocenters. The summed E-state index contributed by atoms with van der Waals surface area (Å²) >= 11 is 0. The van der Waals surface area contributed by atoms with Gasteiger partial charge in [0.25, 0.3) is 5.56 Å². The summed E-state index contributed by atoms with van der Waals surface area (Å²) in [6.45, 7) is 4.27. The summed E-state index contributed by atoms with van der Waals surface area (Å²) in [6.07, 6.45) is 6.01. The van der Waals surface area contributed by atoms with E-state index >= 15 is 0 Å². The molecule has 3 heteroatoms. The fraction of sp³-hybridized carbons (Fsp3) is 0.667. The molecule has 3 nitrogen and oxygen atoms in total. The average Bonchev–Trinajstić information content (AvgIpc) is 2.33. The first-order valence-electron chi connectivity index (χ1n) is 6.96. The molecule has 0 atom stereocenters. The second kappa shape index (κ2) is 5.70. The maximum Gasteiger partial charge on any atom is 0.253 e. The van der Waals surface area contributed by atoms with E-state index in [-0.39, 0.29) is 17.7 Å². The lowest BCUT2D eigenvalue weighted by molar-refractivity contribution is 0.110. The molecule has 0 aliphatic heterocycles. The maximum absolute atomic E-state index is 12.4. The zero-order valence-corrected chi connectivity index (χ0v) is 11.3. The topological polar surface area (TPSA) is 42.2 Å². The standard InChI is InChI=1S/C15H23NO2/c1-11(2)10-12-4-3-9-16(15(12)18)13-5-7-14(17)8-6-13/h3-4,9,11,13-14,17H,5-8,10H2,1-2H3. The van der Waals surface area contributed by atoms with Crippen molar-refractivity contribution in [2.75, 3.05) is 0 Å². The third-order valence-electron chi connectivity index (χ3n) is 3.74. The molecule has 1 saturated carbocycles. The number of pyridine rings is 1. The smallest absolute Gasteiger partial charge is 0.253 e. The second-order valence-corrected chi connectivity index (χ2v) is 5.81. The Labute approximate surface area is 108 Å². The van der Waals surface area contributed by atoms with Crippen LogP contribution >= 0.6 is 0 Å². The highest BCUT2D eigenvalue weighted by atomic mass is 16.3. The molecule has 0 saturated heterocycles. The molecule has 2 rings (SSSR count). The molecule has 1 aromatic rings. The summed E-state index contributed by atoms with van der Waals surface area (Å²) in [4.78, 5) is 12.4. The molecular weight excluding hydrogens is 226 g/mol. The second-order valence-electron chi connectivity index (χ2n) is 5.81. The molecule has 1 heterocycles. The Morgan fingerprint density at radius 2 is 2.00 bits per heavy atom. The van der Waals surface area contributed by atoms with Crippen LogP contribution in [0.15, 0.2) is 23.1 Å². The molecule has 100 valence electrons. The molecule has 18 heavy (non-hydrogen) atoms. The first kappa shape index (κ1) is 13.3. The van der Waals surface area contributed by atoms with Crippen molar-refractivity contribution in [3.8, 4) is 0 Å². The van der Waals surface area contributed by atoms with Gasteiger partial charge < -0.3 is 9.67 Å². The molecule has 1 aliphatic rings. The van der Waals surface area contributed by atoms with Crippen LogP contribution < -0.4 is 5.56 Å². The predicted molar refractivity (Wildman–Crippen MR) is 72.8 cm³/mol. The maximum atomic E-state index is 12.4. The van der Waals surface area contributed by atoms with Crippen molar-refractivity contribution < 1.29 is 5.11 Å². The summed E-state index contributed by atoms with van der Waals surface area (Å²) in [6, 6.07) is 4.19. The van der Waals surface area contributed by atoms with Crippen LogP contribution in [0.4, 0.5) is 0 Å². The van der Waals surface area contributed by atoms with Crippen molar-refractivity contribution in [2.45, 2.75) is 58.1 Å². The van der Waals surface area contributed by atoms with Crippen LogP contribution in [-0.2, 0) is 6.42 Å². The number of hydrogen-bond acceptors (Lipinski definition) is 2. The van der Waals surface area contributed by atoms with Gasteiger partial charge in [0, 0.05) is 17.8 Å². The van der Waals surface area contributed by atoms with Crippen molar-refractivity contribution >= 4 is 0 Å². The zero-order chi connectivity index (χ0) is 13.1. The van der Waals surface area contributed by atoms with E-state index in [1.807, 2.05) is 22.9 Å². The van der Waals surface area contributed by atoms with E-state index in [0.717, 1.165) is 37.7 Å². The van der Waals surface area contributed by atoms with Gasteiger partial charge in [-0.05, 0) is 44.1 Å². The lowest BCUT2D eigenvalue weighted by atomic mass is 9.92. The highest BCUT2D eigenvalue weighted by Crippen LogP contribution is 2.27. The van der Waals surface area contributed by atoms with Gasteiger partial charge in [0.1, 0.15) is 0 Å². The summed E-state index contributed by atoms with van der Waals surface area (Å²) < 4.78 is 1.88. The molecule has 0 aromatic carbocycles. The Hall–Kier alpha value is -1.09. The molecule has 0 spiro atoms. The van der Waals surface area contributed by atoms with Crippen LogP contribution in [0.1, 0.15) is 51.1 Å². The number of rotatable bonds is 3. The van der Waals surface area contributed by atoms with E-state index in [0.29, 0.717) is 5.92 Å². The van der Waals surface area contributed by atoms with E-state index in [2.05, 4.69) is 13.8 Å². The largest absolute Gasteiger partial charge is 0.393 e. The van der Waals surface area contributed by atoms with E-state index in [1.54, 1.807) is 0 Å². The zero-order valence-electron chi connectivity index (χ0n) is 11.3. The number of nitrogens with zero attached hydrogens (tertiary/aromatic N) is 1. The van der Waals surface area contributed by atoms with Crippen molar-refractivity contribution in [1.29, 1.82) is 0 Å². The minimum Gasteiger partial charge on any atom is -0.393 e. The van der Waals surface area contributed by atoms with Crippen LogP contribution in [0.25, 0.3) is 0 Å². The molecule has 0 bridgehead atoms. The Morgan fingerprint density at radius 1 is 1.33 bits per heavy atom. The summed E-state index contributed by atoms with van der Waals surface area (Å²) in [7, 11) is 0. The quantitative estimate of drug-likeness (QED) is 0.894. The predicted octanol–water partition coefficient (Wildman–Crippen LogP) is 2.52. The lowest BCUT2D eigenvalue weighted by Crippen LogP contribution is -2.30. The number of aliphatic hydroxyl groups is 1. The van der Waals surface area contributed by atoms with Gasteiger partial charge >= 0.3 is 0 Å². The van der Waals surface area contributed by atoms with Gasteiger partial charge in [-0.15, -0.1) is 0 Å². The first-order valence-corrected chi connectivity index (χ1v) is 6.96. The number of aromatic nitrogens is 1. The van der Waals surface area contributed by atoms with Crippen molar-refractivity contribution in [1.82, 2.24) is 4.57 Å². The lowest BCUT2D eigenvalue weighted by Gasteiger charge is -2.27. The van der Waals surface area contributed by atoms with E-state index < -0.39 is 0 Å². The molecule has 1 fully saturated rings. The minimum absolute atomic E-state index is 0.160. The fourth-order valence-corrected chi connectivity index (χ4v) is 2.78. The Balaban J connectivity index is 2.20. The van der Waals surface area contributed by atoms with Crippen LogP contribution in [-0.4, -0.2) is 15.8 Å². The van der Waals surface area contributed by atoms with Crippen molar-refractivity contribution in [3.63, 3.8) is 0 Å². The minimum atomic E-state index is -0.171. The third kappa shape index (κ3) is 3.02. The molecule has 1 N–H and O–H groups in total. The van der Waals surface area contributed by atoms with Gasteiger partial charge in [-0.3, -0.25) is 4.79 Å². The highest BCUT2D eigenvalue weighted by molar-refractivity contribution is 5.12. The first-order chi connectivity index (χ1) is 8.58. The van der Waals surface area contributed by atoms with Gasteiger partial charge in [-0.1, -0.05) is 19.9 Å². The van der Waals surface area contributed by atoms with Gasteiger partial charge in [-0.25, -0.2) is 0 Å². The van der Waals surface area contributed by atoms with Crippen molar-refractivity contribution in [3.05, 3.63) is 34.2 Å². The normalized spacial score (nSPS) is 24.4. The SMILES string of the molecule is CC(C)Cc1cccn(C2CCC(O)CC2)c1=O. The van der Waals surface area contributed by atoms with E-state index in [9.17, 15) is 9.90 Å². The Bertz CT molecular complexity index is 442. The molecule has 0 radical (unpaired) electrons. The molecule has 0 amide bonds. The number of hydrogen-bond donors (Lipinski definition) is 1. The van der Waals surface area contributed by atoms with Gasteiger partial charge in [-0.2, -0.15) is 0 Å². The summed E-state index contributed by atoms with van der Waals surface area (Å²) in [5, 5.41) is 9.53. The van der Waals surface area contributed by atoms with Gasteiger partial charge in [0.2, 0.25) is 0 Å². The average molecular weight is 249 g/mol. The molecule has 1 aliphatic carbocycles. The van der Waals surface area contributed by atoms with E-state index in [4.69, 9.17) is 0 Å². The molecule has 1 aromatic heterocycles. The number of aliphatic hydroxyl groups excluding tert-OH is 1. The summed E-state index contributed by atoms with van der Waals surface area (Å²) in [5.41, 5.74) is 1.08. The van der Waals surface area contributed by atoms with Crippen LogP contribution in [0, 0.1) is 5.92 Å². The summed E-state index contributed by atoms with van der Waals surface area (Å²) in [5.74, 6) is 0.502. The van der Waals surface area contributed by atoms with Gasteiger partial charge in [0.15, 0.2) is 0 Å². The fourth-order valence-electron chi connectivity index (χ4n) is 2.78. The third-order valence-corrected chi connectivity index (χ3v) is 3.74. The molecular formula is C15H23NO2. The highest BCUT2D eigenvalue weighted by Gasteiger charge is 2.21. The van der Waals surface area contributed by atoms with E-state index in [1.165, 1.54) is 0 Å². The Kier molecular flexibility index (Phi) is 4.23. The van der Waals surface area contributed by atoms with Crippen LogP contribution in [0.2, 0.25) is 0 Å². The van der Waals surface area contributed by atoms with Gasteiger partial charge in [0.05, 0.1) is 6.10 Å².